The first kappa shape index (κ1) is 30.8. The second-order valence-corrected chi connectivity index (χ2v) is 8.67. The third kappa shape index (κ3) is 11.6. The van der Waals surface area contributed by atoms with Gasteiger partial charge in [-0.2, -0.15) is 0 Å². The molecule has 4 amide bonds. The van der Waals surface area contributed by atoms with E-state index in [4.69, 9.17) is 16.6 Å². The maximum Gasteiger partial charge on any atom is 0.326 e. The molecule has 34 heavy (non-hydrogen) atoms. The molecule has 13 nitrogen and oxygen atoms in total. The third-order valence-electron chi connectivity index (χ3n) is 5.16. The molecule has 0 bridgehead atoms. The van der Waals surface area contributed by atoms with Gasteiger partial charge < -0.3 is 37.6 Å². The Bertz CT molecular complexity index is 757. The Morgan fingerprint density at radius 1 is 0.853 bits per heavy atom. The lowest BCUT2D eigenvalue weighted by atomic mass is 9.96. The highest BCUT2D eigenvalue weighted by Gasteiger charge is 2.33. The first-order valence-electron chi connectivity index (χ1n) is 11.1. The maximum absolute atomic E-state index is 13.0. The fourth-order valence-corrected chi connectivity index (χ4v) is 3.02. The molecule has 194 valence electrons. The average molecular weight is 488 g/mol. The highest BCUT2D eigenvalue weighted by molar-refractivity contribution is 5.95. The standard InChI is InChI=1S/C21H37N5O8/c1-5-11(4)17(26-18(30)12(22)9-16(28)29)20(32)25-14(8-10(2)3)19(31)24-13(21(33)34)6-7-15(23)27/h10-14,17H,5-9,22H2,1-4H3,(H2,23,27)(H,24,31)(H,25,32)(H,26,30)(H,28,29)(H,33,34). The van der Waals surface area contributed by atoms with Crippen molar-refractivity contribution in [1.29, 1.82) is 0 Å². The van der Waals surface area contributed by atoms with Crippen LogP contribution in [-0.4, -0.2) is 69.9 Å². The van der Waals surface area contributed by atoms with Gasteiger partial charge in [-0.15, -0.1) is 0 Å². The summed E-state index contributed by atoms with van der Waals surface area (Å²) in [6.45, 7) is 7.07. The van der Waals surface area contributed by atoms with Crippen LogP contribution in [-0.2, 0) is 28.8 Å². The molecule has 0 radical (unpaired) electrons. The van der Waals surface area contributed by atoms with Crippen LogP contribution in [0.15, 0.2) is 0 Å². The number of hydrogen-bond acceptors (Lipinski definition) is 7. The summed E-state index contributed by atoms with van der Waals surface area (Å²) in [5.74, 6) is -6.10. The second-order valence-electron chi connectivity index (χ2n) is 8.67. The minimum absolute atomic E-state index is 0.0643. The number of aliphatic carboxylic acids is 2. The van der Waals surface area contributed by atoms with Crippen molar-refractivity contribution < 1.29 is 39.0 Å². The molecule has 9 N–H and O–H groups in total. The van der Waals surface area contributed by atoms with Gasteiger partial charge in [-0.25, -0.2) is 4.79 Å². The van der Waals surface area contributed by atoms with E-state index in [9.17, 15) is 33.9 Å². The summed E-state index contributed by atoms with van der Waals surface area (Å²) in [5.41, 5.74) is 10.6. The summed E-state index contributed by atoms with van der Waals surface area (Å²) >= 11 is 0. The van der Waals surface area contributed by atoms with Crippen molar-refractivity contribution in [2.45, 2.75) is 84.0 Å². The summed E-state index contributed by atoms with van der Waals surface area (Å²) in [4.78, 5) is 71.4. The number of amides is 4. The van der Waals surface area contributed by atoms with Gasteiger partial charge >= 0.3 is 11.9 Å². The molecule has 0 aromatic carbocycles. The zero-order valence-corrected chi connectivity index (χ0v) is 20.0. The van der Waals surface area contributed by atoms with Gasteiger partial charge in [0.2, 0.25) is 23.6 Å². The van der Waals surface area contributed by atoms with E-state index in [1.54, 1.807) is 27.7 Å². The van der Waals surface area contributed by atoms with Crippen LogP contribution < -0.4 is 27.4 Å². The van der Waals surface area contributed by atoms with E-state index >= 15 is 0 Å². The van der Waals surface area contributed by atoms with Crippen molar-refractivity contribution >= 4 is 35.6 Å². The molecule has 0 saturated carbocycles. The van der Waals surface area contributed by atoms with Crippen LogP contribution in [0.5, 0.6) is 0 Å². The molecule has 0 aliphatic rings. The summed E-state index contributed by atoms with van der Waals surface area (Å²) in [5, 5.41) is 25.5. The number of nitrogens with two attached hydrogens (primary N) is 2. The number of rotatable bonds is 16. The second kappa shape index (κ2) is 14.8. The van der Waals surface area contributed by atoms with Gasteiger partial charge in [-0.05, 0) is 24.7 Å². The zero-order valence-electron chi connectivity index (χ0n) is 20.0. The topological polar surface area (TPSA) is 231 Å². The van der Waals surface area contributed by atoms with E-state index < -0.39 is 66.2 Å². The lowest BCUT2D eigenvalue weighted by Gasteiger charge is -2.28. The van der Waals surface area contributed by atoms with Crippen molar-refractivity contribution in [2.75, 3.05) is 0 Å². The quantitative estimate of drug-likeness (QED) is 0.137. The molecule has 5 unspecified atom stereocenters. The van der Waals surface area contributed by atoms with Gasteiger partial charge in [-0.3, -0.25) is 24.0 Å². The smallest absolute Gasteiger partial charge is 0.326 e. The van der Waals surface area contributed by atoms with Gasteiger partial charge in [0, 0.05) is 6.42 Å². The molecule has 0 aliphatic carbocycles. The van der Waals surface area contributed by atoms with E-state index in [1.807, 2.05) is 0 Å². The average Bonchev–Trinajstić information content (AvgIpc) is 2.72. The lowest BCUT2D eigenvalue weighted by Crippen LogP contribution is -2.59. The fourth-order valence-electron chi connectivity index (χ4n) is 3.02. The molecule has 5 atom stereocenters. The molecular formula is C21H37N5O8. The van der Waals surface area contributed by atoms with Crippen LogP contribution in [0.25, 0.3) is 0 Å². The van der Waals surface area contributed by atoms with Crippen LogP contribution in [0.1, 0.15) is 59.8 Å². The van der Waals surface area contributed by atoms with Crippen LogP contribution in [0.3, 0.4) is 0 Å². The highest BCUT2D eigenvalue weighted by Crippen LogP contribution is 2.12. The van der Waals surface area contributed by atoms with Gasteiger partial charge in [0.15, 0.2) is 0 Å². The SMILES string of the molecule is CCC(C)C(NC(=O)C(N)CC(=O)O)C(=O)NC(CC(C)C)C(=O)NC(CCC(N)=O)C(=O)O. The number of nitrogens with one attached hydrogen (secondary N) is 3. The number of hydrogen-bond donors (Lipinski definition) is 7. The number of carboxylic acid groups (broad SMARTS) is 2. The molecule has 0 aliphatic heterocycles. The Labute approximate surface area is 198 Å². The monoisotopic (exact) mass is 487 g/mol. The minimum Gasteiger partial charge on any atom is -0.481 e. The Morgan fingerprint density at radius 2 is 1.41 bits per heavy atom. The summed E-state index contributed by atoms with van der Waals surface area (Å²) in [6, 6.07) is -4.98. The Balaban J connectivity index is 5.57. The fraction of sp³-hybridized carbons (Fsp3) is 0.714. The molecule has 0 heterocycles. The first-order valence-corrected chi connectivity index (χ1v) is 11.1. The van der Waals surface area contributed by atoms with Gasteiger partial charge in [0.1, 0.15) is 18.1 Å². The van der Waals surface area contributed by atoms with Crippen molar-refractivity contribution in [3.63, 3.8) is 0 Å². The van der Waals surface area contributed by atoms with Gasteiger partial charge in [0.25, 0.3) is 0 Å². The van der Waals surface area contributed by atoms with E-state index in [1.165, 1.54) is 0 Å². The number of carbonyl (C=O) groups is 6. The van der Waals surface area contributed by atoms with E-state index in [0.717, 1.165) is 0 Å². The molecule has 0 aromatic rings. The lowest BCUT2D eigenvalue weighted by molar-refractivity contribution is -0.142. The van der Waals surface area contributed by atoms with Crippen molar-refractivity contribution in [3.8, 4) is 0 Å². The van der Waals surface area contributed by atoms with Gasteiger partial charge in [0.05, 0.1) is 12.5 Å². The van der Waals surface area contributed by atoms with Crippen molar-refractivity contribution in [1.82, 2.24) is 16.0 Å². The Kier molecular flexibility index (Phi) is 13.4. The van der Waals surface area contributed by atoms with E-state index in [2.05, 4.69) is 16.0 Å². The number of carbonyl (C=O) groups excluding carboxylic acids is 4. The van der Waals surface area contributed by atoms with Crippen LogP contribution in [0.2, 0.25) is 0 Å². The first-order chi connectivity index (χ1) is 15.7. The van der Waals surface area contributed by atoms with Gasteiger partial charge in [-0.1, -0.05) is 34.1 Å². The Morgan fingerprint density at radius 3 is 1.85 bits per heavy atom. The number of primary amides is 1. The summed E-state index contributed by atoms with van der Waals surface area (Å²) in [7, 11) is 0. The minimum atomic E-state index is -1.38. The Hall–Kier alpha value is -3.22. The predicted molar refractivity (Wildman–Crippen MR) is 121 cm³/mol. The molecule has 0 spiro atoms. The van der Waals surface area contributed by atoms with Crippen LogP contribution >= 0.6 is 0 Å². The maximum atomic E-state index is 13.0. The summed E-state index contributed by atoms with van der Waals surface area (Å²) in [6.07, 6.45) is -0.453. The highest BCUT2D eigenvalue weighted by atomic mass is 16.4. The van der Waals surface area contributed by atoms with Crippen molar-refractivity contribution in [3.05, 3.63) is 0 Å². The molecule has 0 saturated heterocycles. The number of carboxylic acids is 2. The normalized spacial score (nSPS) is 15.4. The zero-order chi connectivity index (χ0) is 26.6. The summed E-state index contributed by atoms with van der Waals surface area (Å²) < 4.78 is 0. The van der Waals surface area contributed by atoms with E-state index in [-0.39, 0.29) is 31.1 Å². The molecule has 13 heteroatoms. The molecular weight excluding hydrogens is 450 g/mol. The van der Waals surface area contributed by atoms with Crippen LogP contribution in [0, 0.1) is 11.8 Å². The predicted octanol–water partition coefficient (Wildman–Crippen LogP) is -1.31. The van der Waals surface area contributed by atoms with Crippen LogP contribution in [0.4, 0.5) is 0 Å². The molecule has 0 aromatic heterocycles. The largest absolute Gasteiger partial charge is 0.481 e. The molecule has 0 rings (SSSR count). The van der Waals surface area contributed by atoms with Crippen molar-refractivity contribution in [2.24, 2.45) is 23.3 Å². The third-order valence-corrected chi connectivity index (χ3v) is 5.16. The van der Waals surface area contributed by atoms with E-state index in [0.29, 0.717) is 6.42 Å². The molecule has 0 fully saturated rings.